The molecule has 0 aliphatic carbocycles. The van der Waals surface area contributed by atoms with Crippen molar-refractivity contribution in [3.63, 3.8) is 0 Å². The molecule has 33 heavy (non-hydrogen) atoms. The third-order valence-electron chi connectivity index (χ3n) is 4.93. The first kappa shape index (κ1) is 24.2. The number of hydrogen-bond acceptors (Lipinski definition) is 5. The van der Waals surface area contributed by atoms with Crippen LogP contribution in [-0.2, 0) is 16.6 Å². The summed E-state index contributed by atoms with van der Waals surface area (Å²) >= 11 is 0. The smallest absolute Gasteiger partial charge is 0.381 e. The maximum Gasteiger partial charge on any atom is 0.434 e. The van der Waals surface area contributed by atoms with Gasteiger partial charge in [-0.1, -0.05) is 12.1 Å². The number of aliphatic hydroxyl groups is 1. The Hall–Kier alpha value is -3.42. The van der Waals surface area contributed by atoms with Gasteiger partial charge in [-0.3, -0.25) is 9.20 Å². The Balaban J connectivity index is 2.19. The lowest BCUT2D eigenvalue weighted by molar-refractivity contribution is -0.264. The van der Waals surface area contributed by atoms with Gasteiger partial charge in [0.15, 0.2) is 23.8 Å². The molecular weight excluding hydrogens is 463 g/mol. The minimum Gasteiger partial charge on any atom is -0.381 e. The monoisotopic (exact) mass is 479 g/mol. The molecule has 1 unspecified atom stereocenters. The molecule has 3 aromatic rings. The summed E-state index contributed by atoms with van der Waals surface area (Å²) in [6.45, 7) is -1.50. The van der Waals surface area contributed by atoms with Gasteiger partial charge in [-0.15, -0.1) is 0 Å². The fourth-order valence-electron chi connectivity index (χ4n) is 3.14. The van der Waals surface area contributed by atoms with Crippen molar-refractivity contribution in [1.82, 2.24) is 19.7 Å². The first-order chi connectivity index (χ1) is 15.2. The number of rotatable bonds is 5. The molecule has 178 valence electrons. The van der Waals surface area contributed by atoms with Gasteiger partial charge in [0.25, 0.3) is 5.91 Å². The molecule has 0 saturated carbocycles. The Morgan fingerprint density at radius 2 is 1.88 bits per heavy atom. The number of nitrogen functional groups attached to an aromatic ring is 1. The molecule has 0 aliphatic heterocycles. The van der Waals surface area contributed by atoms with Gasteiger partial charge in [-0.25, -0.2) is 14.4 Å². The van der Waals surface area contributed by atoms with E-state index in [0.29, 0.717) is 11.8 Å². The fourth-order valence-corrected chi connectivity index (χ4v) is 3.14. The van der Waals surface area contributed by atoms with Gasteiger partial charge in [0.05, 0.1) is 18.4 Å². The number of amides is 1. The summed E-state index contributed by atoms with van der Waals surface area (Å²) in [7, 11) is 0. The molecular formula is C19H16F7N5O2. The highest BCUT2D eigenvalue weighted by atomic mass is 19.4. The van der Waals surface area contributed by atoms with Crippen LogP contribution in [0.5, 0.6) is 0 Å². The zero-order valence-corrected chi connectivity index (χ0v) is 16.7. The number of alkyl halides is 7. The lowest BCUT2D eigenvalue weighted by atomic mass is 9.89. The number of aromatic nitrogens is 3. The highest BCUT2D eigenvalue weighted by Crippen LogP contribution is 2.41. The number of anilines is 1. The molecule has 1 amide bonds. The minimum absolute atomic E-state index is 0.00165. The van der Waals surface area contributed by atoms with Crippen LogP contribution in [0.2, 0.25) is 0 Å². The van der Waals surface area contributed by atoms with E-state index in [4.69, 9.17) is 5.73 Å². The predicted octanol–water partition coefficient (Wildman–Crippen LogP) is 3.14. The van der Waals surface area contributed by atoms with Gasteiger partial charge in [0.2, 0.25) is 5.60 Å². The van der Waals surface area contributed by atoms with E-state index in [1.54, 1.807) is 5.32 Å². The molecule has 0 fully saturated rings. The van der Waals surface area contributed by atoms with Crippen LogP contribution >= 0.6 is 0 Å². The second-order valence-corrected chi connectivity index (χ2v) is 7.14. The van der Waals surface area contributed by atoms with Crippen LogP contribution in [0, 0.1) is 6.92 Å². The molecule has 14 heteroatoms. The normalized spacial score (nSPS) is 14.3. The van der Waals surface area contributed by atoms with Gasteiger partial charge in [-0.2, -0.15) is 26.3 Å². The molecule has 4 N–H and O–H groups in total. The number of nitrogens with one attached hydrogen (secondary N) is 1. The highest BCUT2D eigenvalue weighted by molar-refractivity contribution is 5.77. The third-order valence-corrected chi connectivity index (χ3v) is 4.93. The second-order valence-electron chi connectivity index (χ2n) is 7.14. The van der Waals surface area contributed by atoms with Gasteiger partial charge >= 0.3 is 12.4 Å². The molecule has 3 rings (SSSR count). The van der Waals surface area contributed by atoms with Crippen molar-refractivity contribution in [2.45, 2.75) is 24.9 Å². The first-order valence-electron chi connectivity index (χ1n) is 9.13. The summed E-state index contributed by atoms with van der Waals surface area (Å²) in [6.07, 6.45) is -8.46. The summed E-state index contributed by atoms with van der Waals surface area (Å²) in [6, 6.07) is 3.04. The SMILES string of the molecule is Cc1ccc(C(O)(CNC(=O)CF)C(F)(F)F)cc1-c1cnc2c(N)nc(C(F)(F)F)cn12. The number of aryl methyl sites for hydroxylation is 1. The molecule has 2 heterocycles. The lowest BCUT2D eigenvalue weighted by Crippen LogP contribution is -2.51. The Morgan fingerprint density at radius 3 is 2.45 bits per heavy atom. The van der Waals surface area contributed by atoms with E-state index in [1.807, 2.05) is 0 Å². The summed E-state index contributed by atoms with van der Waals surface area (Å²) in [5.74, 6) is -1.92. The molecule has 0 saturated heterocycles. The van der Waals surface area contributed by atoms with Crippen molar-refractivity contribution in [1.29, 1.82) is 0 Å². The summed E-state index contributed by atoms with van der Waals surface area (Å²) in [4.78, 5) is 18.3. The van der Waals surface area contributed by atoms with E-state index in [1.165, 1.54) is 13.0 Å². The minimum atomic E-state index is -5.29. The average Bonchev–Trinajstić information content (AvgIpc) is 3.15. The maximum atomic E-state index is 13.7. The van der Waals surface area contributed by atoms with Crippen molar-refractivity contribution in [2.24, 2.45) is 0 Å². The lowest BCUT2D eigenvalue weighted by Gasteiger charge is -2.31. The number of benzene rings is 1. The van der Waals surface area contributed by atoms with Crippen molar-refractivity contribution >= 4 is 17.4 Å². The number of imidazole rings is 1. The van der Waals surface area contributed by atoms with Crippen LogP contribution in [0.1, 0.15) is 16.8 Å². The first-order valence-corrected chi connectivity index (χ1v) is 9.13. The molecule has 1 aromatic carbocycles. The molecule has 0 spiro atoms. The van der Waals surface area contributed by atoms with Crippen LogP contribution in [0.4, 0.5) is 36.6 Å². The van der Waals surface area contributed by atoms with Crippen LogP contribution in [-0.4, -0.2) is 44.8 Å². The number of nitrogens with zero attached hydrogens (tertiary/aromatic N) is 3. The van der Waals surface area contributed by atoms with E-state index in [9.17, 15) is 40.6 Å². The van der Waals surface area contributed by atoms with Gasteiger partial charge in [0.1, 0.15) is 0 Å². The van der Waals surface area contributed by atoms with Crippen molar-refractivity contribution in [2.75, 3.05) is 19.0 Å². The molecule has 0 aliphatic rings. The van der Waals surface area contributed by atoms with E-state index in [-0.39, 0.29) is 16.9 Å². The Morgan fingerprint density at radius 1 is 1.21 bits per heavy atom. The summed E-state index contributed by atoms with van der Waals surface area (Å²) in [5.41, 5.74) is -0.00963. The standard InChI is InChI=1S/C19H16F7N5O2/c1-9-2-3-10(17(33,19(24,25)26)8-29-14(32)5-20)4-11(9)12-6-28-16-15(27)30-13(7-31(12)16)18(21,22)23/h2-4,6-7,33H,5,8H2,1H3,(H2,27,30)(H,29,32). The van der Waals surface area contributed by atoms with E-state index < -0.39 is 54.2 Å². The predicted molar refractivity (Wildman–Crippen MR) is 102 cm³/mol. The molecule has 0 bridgehead atoms. The van der Waals surface area contributed by atoms with E-state index in [2.05, 4.69) is 9.97 Å². The number of carbonyl (C=O) groups is 1. The van der Waals surface area contributed by atoms with E-state index in [0.717, 1.165) is 22.7 Å². The van der Waals surface area contributed by atoms with Crippen molar-refractivity contribution in [3.05, 3.63) is 47.4 Å². The number of hydrogen-bond donors (Lipinski definition) is 3. The number of carbonyl (C=O) groups excluding carboxylic acids is 1. The fraction of sp³-hybridized carbons (Fsp3) is 0.316. The summed E-state index contributed by atoms with van der Waals surface area (Å²) < 4.78 is 94.1. The van der Waals surface area contributed by atoms with Gasteiger partial charge in [-0.05, 0) is 24.1 Å². The molecule has 1 atom stereocenters. The molecule has 2 aromatic heterocycles. The van der Waals surface area contributed by atoms with Crippen molar-refractivity contribution < 1.29 is 40.6 Å². The zero-order chi connectivity index (χ0) is 24.8. The topological polar surface area (TPSA) is 106 Å². The molecule has 7 nitrogen and oxygen atoms in total. The Labute approximate surface area is 181 Å². The largest absolute Gasteiger partial charge is 0.434 e. The second kappa shape index (κ2) is 8.17. The quantitative estimate of drug-likeness (QED) is 0.488. The molecule has 0 radical (unpaired) electrons. The summed E-state index contributed by atoms with van der Waals surface area (Å²) in [5, 5.41) is 12.1. The number of fused-ring (bicyclic) bond motifs is 1. The Bertz CT molecular complexity index is 1210. The van der Waals surface area contributed by atoms with Crippen LogP contribution in [0.25, 0.3) is 16.9 Å². The van der Waals surface area contributed by atoms with Crippen LogP contribution in [0.3, 0.4) is 0 Å². The Kier molecular flexibility index (Phi) is 6.00. The number of halogens is 7. The third kappa shape index (κ3) is 4.42. The van der Waals surface area contributed by atoms with Crippen LogP contribution in [0.15, 0.2) is 30.6 Å². The zero-order valence-electron chi connectivity index (χ0n) is 16.7. The maximum absolute atomic E-state index is 13.7. The van der Waals surface area contributed by atoms with E-state index >= 15 is 0 Å². The highest BCUT2D eigenvalue weighted by Gasteiger charge is 2.55. The van der Waals surface area contributed by atoms with Gasteiger partial charge < -0.3 is 16.2 Å². The number of nitrogens with two attached hydrogens (primary N) is 1. The average molecular weight is 479 g/mol. The van der Waals surface area contributed by atoms with Crippen LogP contribution < -0.4 is 11.1 Å². The van der Waals surface area contributed by atoms with Gasteiger partial charge in [0, 0.05) is 11.8 Å². The van der Waals surface area contributed by atoms with Crippen molar-refractivity contribution in [3.8, 4) is 11.3 Å².